The zero-order valence-corrected chi connectivity index (χ0v) is 17.8. The van der Waals surface area contributed by atoms with E-state index in [1.165, 1.54) is 24.8 Å². The molecule has 0 radical (unpaired) electrons. The molecule has 6 heteroatoms. The highest BCUT2D eigenvalue weighted by molar-refractivity contribution is 6.30. The van der Waals surface area contributed by atoms with Crippen LogP contribution in [0.25, 0.3) is 0 Å². The van der Waals surface area contributed by atoms with Gasteiger partial charge in [-0.25, -0.2) is 9.97 Å². The van der Waals surface area contributed by atoms with Gasteiger partial charge in [-0.3, -0.25) is 9.80 Å². The molecule has 0 spiro atoms. The lowest BCUT2D eigenvalue weighted by molar-refractivity contribution is 0.120. The molecule has 29 heavy (non-hydrogen) atoms. The average molecular weight is 412 g/mol. The highest BCUT2D eigenvalue weighted by Crippen LogP contribution is 2.28. The van der Waals surface area contributed by atoms with E-state index in [0.717, 1.165) is 81.9 Å². The number of hydrogen-bond acceptors (Lipinski definition) is 5. The molecule has 1 saturated heterocycles. The molecule has 1 aliphatic carbocycles. The smallest absolute Gasteiger partial charge is 0.227 e. The third-order valence-electron chi connectivity index (χ3n) is 6.81. The van der Waals surface area contributed by atoms with Gasteiger partial charge in [-0.15, -0.1) is 0 Å². The minimum Gasteiger partial charge on any atom is -0.338 e. The van der Waals surface area contributed by atoms with Crippen molar-refractivity contribution in [2.75, 3.05) is 44.2 Å². The van der Waals surface area contributed by atoms with Crippen LogP contribution in [-0.2, 0) is 19.4 Å². The summed E-state index contributed by atoms with van der Waals surface area (Å²) in [5.41, 5.74) is 3.66. The monoisotopic (exact) mass is 411 g/mol. The number of nitrogens with zero attached hydrogens (tertiary/aromatic N) is 5. The van der Waals surface area contributed by atoms with Crippen molar-refractivity contribution in [2.24, 2.45) is 0 Å². The van der Waals surface area contributed by atoms with E-state index in [1.807, 2.05) is 0 Å². The van der Waals surface area contributed by atoms with Gasteiger partial charge in [0.2, 0.25) is 5.95 Å². The molecule has 0 unspecified atom stereocenters. The maximum absolute atomic E-state index is 6.65. The van der Waals surface area contributed by atoms with Crippen LogP contribution in [-0.4, -0.2) is 65.1 Å². The molecule has 5 rings (SSSR count). The summed E-state index contributed by atoms with van der Waals surface area (Å²) in [6.07, 6.45) is 6.02. The average Bonchev–Trinajstić information content (AvgIpc) is 2.91. The molecule has 1 aromatic carbocycles. The normalized spacial score (nSPS) is 21.5. The van der Waals surface area contributed by atoms with Crippen LogP contribution in [0.4, 0.5) is 5.95 Å². The Hall–Kier alpha value is -1.69. The predicted octanol–water partition coefficient (Wildman–Crippen LogP) is 3.41. The van der Waals surface area contributed by atoms with Gasteiger partial charge in [-0.2, -0.15) is 0 Å². The summed E-state index contributed by atoms with van der Waals surface area (Å²) < 4.78 is 0. The molecule has 0 bridgehead atoms. The fourth-order valence-electron chi connectivity index (χ4n) is 4.77. The van der Waals surface area contributed by atoms with E-state index in [-0.39, 0.29) is 0 Å². The van der Waals surface area contributed by atoms with Gasteiger partial charge < -0.3 is 4.90 Å². The summed E-state index contributed by atoms with van der Waals surface area (Å²) >= 11 is 6.65. The second-order valence-corrected chi connectivity index (χ2v) is 8.97. The Morgan fingerprint density at radius 3 is 2.38 bits per heavy atom. The number of halogens is 1. The van der Waals surface area contributed by atoms with Gasteiger partial charge in [0.05, 0.1) is 5.69 Å². The highest BCUT2D eigenvalue weighted by Gasteiger charge is 2.29. The van der Waals surface area contributed by atoms with E-state index in [2.05, 4.69) is 45.0 Å². The van der Waals surface area contributed by atoms with Crippen LogP contribution in [0.15, 0.2) is 30.3 Å². The Bertz CT molecular complexity index is 831. The lowest BCUT2D eigenvalue weighted by Crippen LogP contribution is -2.52. The van der Waals surface area contributed by atoms with Crippen molar-refractivity contribution in [1.82, 2.24) is 19.8 Å². The minimum absolute atomic E-state index is 0.660. The van der Waals surface area contributed by atoms with Crippen LogP contribution in [0.3, 0.4) is 0 Å². The summed E-state index contributed by atoms with van der Waals surface area (Å²) in [6, 6.07) is 11.5. The molecule has 3 heterocycles. The quantitative estimate of drug-likeness (QED) is 0.720. The van der Waals surface area contributed by atoms with Crippen LogP contribution in [0.5, 0.6) is 0 Å². The van der Waals surface area contributed by atoms with Gasteiger partial charge in [0, 0.05) is 63.8 Å². The van der Waals surface area contributed by atoms with Crippen LogP contribution >= 0.6 is 11.6 Å². The maximum Gasteiger partial charge on any atom is 0.227 e. The van der Waals surface area contributed by atoms with Crippen molar-refractivity contribution < 1.29 is 0 Å². The number of anilines is 1. The van der Waals surface area contributed by atoms with Gasteiger partial charge in [0.1, 0.15) is 5.15 Å². The molecule has 3 aliphatic rings. The van der Waals surface area contributed by atoms with Crippen molar-refractivity contribution in [1.29, 1.82) is 0 Å². The Labute approximate surface area is 178 Å². The van der Waals surface area contributed by atoms with Crippen molar-refractivity contribution >= 4 is 17.5 Å². The summed E-state index contributed by atoms with van der Waals surface area (Å²) in [5.74, 6) is 0.832. The van der Waals surface area contributed by atoms with Crippen LogP contribution in [0.2, 0.25) is 5.15 Å². The lowest BCUT2D eigenvalue weighted by Gasteiger charge is -2.43. The predicted molar refractivity (Wildman–Crippen MR) is 118 cm³/mol. The molecule has 154 valence electrons. The van der Waals surface area contributed by atoms with Gasteiger partial charge in [0.25, 0.3) is 0 Å². The van der Waals surface area contributed by atoms with E-state index in [0.29, 0.717) is 5.15 Å². The van der Waals surface area contributed by atoms with Crippen molar-refractivity contribution in [3.8, 4) is 0 Å². The molecule has 0 N–H and O–H groups in total. The van der Waals surface area contributed by atoms with Crippen molar-refractivity contribution in [3.05, 3.63) is 52.3 Å². The van der Waals surface area contributed by atoms with Gasteiger partial charge >= 0.3 is 0 Å². The summed E-state index contributed by atoms with van der Waals surface area (Å²) in [7, 11) is 0. The Morgan fingerprint density at radius 1 is 0.897 bits per heavy atom. The topological polar surface area (TPSA) is 35.5 Å². The van der Waals surface area contributed by atoms with Crippen LogP contribution in [0.1, 0.15) is 36.1 Å². The van der Waals surface area contributed by atoms with Gasteiger partial charge in [-0.05, 0) is 24.8 Å². The molecule has 5 nitrogen and oxygen atoms in total. The Balaban J connectivity index is 1.25. The fraction of sp³-hybridized carbons (Fsp3) is 0.565. The number of fused-ring (bicyclic) bond motifs is 1. The van der Waals surface area contributed by atoms with E-state index in [1.54, 1.807) is 0 Å². The van der Waals surface area contributed by atoms with Crippen molar-refractivity contribution in [2.45, 2.75) is 44.7 Å². The first-order valence-electron chi connectivity index (χ1n) is 11.1. The summed E-state index contributed by atoms with van der Waals surface area (Å²) in [6.45, 7) is 7.25. The number of benzene rings is 1. The Kier molecular flexibility index (Phi) is 5.71. The van der Waals surface area contributed by atoms with Crippen LogP contribution in [0, 0.1) is 0 Å². The minimum atomic E-state index is 0.660. The molecular weight excluding hydrogens is 382 g/mol. The third kappa shape index (κ3) is 4.27. The second kappa shape index (κ2) is 8.58. The highest BCUT2D eigenvalue weighted by atomic mass is 35.5. The molecule has 1 aromatic heterocycles. The molecule has 1 saturated carbocycles. The number of piperazine rings is 1. The first kappa shape index (κ1) is 19.3. The van der Waals surface area contributed by atoms with E-state index in [9.17, 15) is 0 Å². The van der Waals surface area contributed by atoms with Crippen LogP contribution < -0.4 is 4.90 Å². The molecule has 2 aliphatic heterocycles. The first-order chi connectivity index (χ1) is 14.3. The third-order valence-corrected chi connectivity index (χ3v) is 7.12. The SMILES string of the molecule is Clc1nc(N2CCN(C3CCC3)CC2)nc2c1CCN(Cc1ccccc1)CC2. The molecule has 2 aromatic rings. The van der Waals surface area contributed by atoms with E-state index < -0.39 is 0 Å². The Morgan fingerprint density at radius 2 is 1.66 bits per heavy atom. The van der Waals surface area contributed by atoms with E-state index >= 15 is 0 Å². The second-order valence-electron chi connectivity index (χ2n) is 8.61. The summed E-state index contributed by atoms with van der Waals surface area (Å²) in [4.78, 5) is 17.2. The summed E-state index contributed by atoms with van der Waals surface area (Å²) in [5, 5.41) is 0.660. The van der Waals surface area contributed by atoms with E-state index in [4.69, 9.17) is 21.6 Å². The van der Waals surface area contributed by atoms with Crippen molar-refractivity contribution in [3.63, 3.8) is 0 Å². The lowest BCUT2D eigenvalue weighted by atomic mass is 9.91. The molecule has 0 amide bonds. The fourth-order valence-corrected chi connectivity index (χ4v) is 5.05. The number of hydrogen-bond donors (Lipinski definition) is 0. The standard InChI is InChI=1S/C23H30ClN5/c24-22-20-9-11-27(17-18-5-2-1-3-6-18)12-10-21(20)25-23(26-22)29-15-13-28(14-16-29)19-7-4-8-19/h1-3,5-6,19H,4,7-17H2. The number of rotatable bonds is 4. The molecule has 2 fully saturated rings. The number of aromatic nitrogens is 2. The zero-order chi connectivity index (χ0) is 19.6. The first-order valence-corrected chi connectivity index (χ1v) is 11.4. The largest absolute Gasteiger partial charge is 0.338 e. The maximum atomic E-state index is 6.65. The van der Waals surface area contributed by atoms with Gasteiger partial charge in [0.15, 0.2) is 0 Å². The molecular formula is C23H30ClN5. The zero-order valence-electron chi connectivity index (χ0n) is 17.1. The molecule has 0 atom stereocenters. The van der Waals surface area contributed by atoms with Gasteiger partial charge in [-0.1, -0.05) is 48.4 Å².